The van der Waals surface area contributed by atoms with Gasteiger partial charge in [-0.05, 0) is 56.2 Å². The number of para-hydroxylation sites is 1. The normalized spacial score (nSPS) is 50.2. The summed E-state index contributed by atoms with van der Waals surface area (Å²) in [6.07, 6.45) is 3.46. The molecule has 1 saturated heterocycles. The predicted molar refractivity (Wildman–Crippen MR) is 140 cm³/mol. The largest absolute Gasteiger partial charge is 0.461 e. The number of ether oxygens (including phenoxy) is 3. The van der Waals surface area contributed by atoms with Gasteiger partial charge in [0.2, 0.25) is 0 Å². The van der Waals surface area contributed by atoms with Gasteiger partial charge in [-0.2, -0.15) is 0 Å². The molecule has 1 aliphatic heterocycles. The Morgan fingerprint density at radius 2 is 1.97 bits per heavy atom. The number of likely N-dealkylation sites (tertiary alicyclic amines) is 1. The maximum absolute atomic E-state index is 13.2. The average molecular weight is 527 g/mol. The standard InChI is InChI=1S/C30H42N2O6/c1-4-32-14-28(15-38-27(34)16-7-5-6-8-20(16)31)10-9-23(37-3)30-18-11-17-21(36-2)13-29(35,24(18)25(17)33)19(26(30)32)12-22(28)30/h5-8,17-19,21-26,33,35H,4,9-15,31H2,1-3H3. The van der Waals surface area contributed by atoms with Crippen LogP contribution in [0.1, 0.15) is 49.4 Å². The average Bonchev–Trinajstić information content (AvgIpc) is 3.34. The first kappa shape index (κ1) is 25.3. The fraction of sp³-hybridized carbons (Fsp3) is 0.767. The smallest absolute Gasteiger partial charge is 0.340 e. The maximum Gasteiger partial charge on any atom is 0.340 e. The van der Waals surface area contributed by atoms with Crippen LogP contribution >= 0.6 is 0 Å². The van der Waals surface area contributed by atoms with E-state index in [2.05, 4.69) is 11.8 Å². The zero-order valence-corrected chi connectivity index (χ0v) is 22.7. The number of hydrogen-bond acceptors (Lipinski definition) is 8. The van der Waals surface area contributed by atoms with Gasteiger partial charge in [-0.15, -0.1) is 0 Å². The molecule has 12 atom stereocenters. The molecule has 1 aromatic carbocycles. The van der Waals surface area contributed by atoms with Crippen LogP contribution < -0.4 is 5.73 Å². The lowest BCUT2D eigenvalue weighted by atomic mass is 9.43. The SMILES string of the molecule is CCN1CC2(COC(=O)c3ccccc3N)CCC(OC)C34C5CC6C(OC)CC(O)(C(CC23)C14)C5C6O. The highest BCUT2D eigenvalue weighted by molar-refractivity contribution is 5.95. The molecule has 7 rings (SSSR count). The summed E-state index contributed by atoms with van der Waals surface area (Å²) in [7, 11) is 3.55. The third-order valence-corrected chi connectivity index (χ3v) is 12.4. The number of nitrogens with zero attached hydrogens (tertiary/aromatic N) is 1. The van der Waals surface area contributed by atoms with Gasteiger partial charge in [-0.3, -0.25) is 4.90 Å². The predicted octanol–water partition coefficient (Wildman–Crippen LogP) is 2.32. The van der Waals surface area contributed by atoms with Crippen molar-refractivity contribution in [2.75, 3.05) is 39.6 Å². The highest BCUT2D eigenvalue weighted by Crippen LogP contribution is 2.79. The molecule has 0 amide bonds. The van der Waals surface area contributed by atoms with Crippen molar-refractivity contribution >= 4 is 11.7 Å². The molecule has 4 N–H and O–H groups in total. The summed E-state index contributed by atoms with van der Waals surface area (Å²) in [6.45, 7) is 4.24. The Kier molecular flexibility index (Phi) is 5.59. The lowest BCUT2D eigenvalue weighted by Gasteiger charge is -2.69. The second kappa shape index (κ2) is 8.40. The molecule has 5 saturated carbocycles. The number of esters is 1. The number of nitrogen functional groups attached to an aromatic ring is 1. The number of nitrogens with two attached hydrogens (primary N) is 1. The summed E-state index contributed by atoms with van der Waals surface area (Å²) in [5, 5.41) is 24.2. The minimum atomic E-state index is -0.970. The number of benzene rings is 1. The minimum absolute atomic E-state index is 0.0261. The molecule has 6 fully saturated rings. The summed E-state index contributed by atoms with van der Waals surface area (Å²) in [6, 6.07) is 7.26. The molecule has 6 aliphatic rings. The molecular formula is C30H42N2O6. The number of piperidine rings is 1. The molecule has 0 radical (unpaired) electrons. The first-order valence-corrected chi connectivity index (χ1v) is 14.5. The Morgan fingerprint density at radius 1 is 1.18 bits per heavy atom. The summed E-state index contributed by atoms with van der Waals surface area (Å²) < 4.78 is 18.4. The molecule has 1 aromatic rings. The van der Waals surface area contributed by atoms with E-state index >= 15 is 0 Å². The van der Waals surface area contributed by atoms with Crippen molar-refractivity contribution in [2.45, 2.75) is 69.0 Å². The zero-order chi connectivity index (χ0) is 26.6. The maximum atomic E-state index is 13.2. The number of carbonyl (C=O) groups excluding carboxylic acids is 1. The molecule has 0 aromatic heterocycles. The second-order valence-corrected chi connectivity index (χ2v) is 13.2. The van der Waals surface area contributed by atoms with Crippen LogP contribution in [0.25, 0.3) is 0 Å². The molecule has 208 valence electrons. The van der Waals surface area contributed by atoms with E-state index < -0.39 is 11.7 Å². The van der Waals surface area contributed by atoms with Gasteiger partial charge >= 0.3 is 5.97 Å². The Labute approximate surface area is 224 Å². The van der Waals surface area contributed by atoms with Crippen molar-refractivity contribution in [3.05, 3.63) is 29.8 Å². The number of fused-ring (bicyclic) bond motifs is 2. The van der Waals surface area contributed by atoms with Crippen molar-refractivity contribution in [1.82, 2.24) is 4.90 Å². The van der Waals surface area contributed by atoms with Gasteiger partial charge in [-0.1, -0.05) is 19.1 Å². The quantitative estimate of drug-likeness (QED) is 0.382. The highest BCUT2D eigenvalue weighted by Gasteiger charge is 2.83. The molecule has 8 heteroatoms. The zero-order valence-electron chi connectivity index (χ0n) is 22.7. The first-order chi connectivity index (χ1) is 18.3. The van der Waals surface area contributed by atoms with Crippen LogP contribution in [0.15, 0.2) is 24.3 Å². The van der Waals surface area contributed by atoms with Crippen molar-refractivity contribution in [2.24, 2.45) is 40.4 Å². The Hall–Kier alpha value is -1.71. The topological polar surface area (TPSA) is 114 Å². The van der Waals surface area contributed by atoms with Crippen molar-refractivity contribution in [1.29, 1.82) is 0 Å². The van der Waals surface area contributed by atoms with Crippen LogP contribution in [0.3, 0.4) is 0 Å². The molecule has 1 heterocycles. The Balaban J connectivity index is 1.32. The van der Waals surface area contributed by atoms with Gasteiger partial charge in [0, 0.05) is 67.5 Å². The van der Waals surface area contributed by atoms with E-state index in [4.69, 9.17) is 19.9 Å². The highest BCUT2D eigenvalue weighted by atomic mass is 16.5. The number of anilines is 1. The lowest BCUT2D eigenvalue weighted by Crippen LogP contribution is -2.76. The van der Waals surface area contributed by atoms with E-state index in [-0.39, 0.29) is 64.6 Å². The summed E-state index contributed by atoms with van der Waals surface area (Å²) in [5.74, 6) is -0.0890. The van der Waals surface area contributed by atoms with Gasteiger partial charge < -0.3 is 30.2 Å². The van der Waals surface area contributed by atoms with Crippen molar-refractivity contribution in [3.8, 4) is 0 Å². The number of aliphatic hydroxyl groups is 2. The third kappa shape index (κ3) is 2.86. The number of carbonyl (C=O) groups is 1. The van der Waals surface area contributed by atoms with Crippen molar-refractivity contribution in [3.63, 3.8) is 0 Å². The monoisotopic (exact) mass is 526 g/mol. The number of rotatable bonds is 6. The van der Waals surface area contributed by atoms with Crippen LogP contribution in [0.4, 0.5) is 5.69 Å². The fourth-order valence-electron chi connectivity index (χ4n) is 11.3. The van der Waals surface area contributed by atoms with Crippen LogP contribution in [-0.2, 0) is 14.2 Å². The molecule has 1 spiro atoms. The molecule has 7 bridgehead atoms. The van der Waals surface area contributed by atoms with Gasteiger partial charge in [0.25, 0.3) is 0 Å². The second-order valence-electron chi connectivity index (χ2n) is 13.2. The third-order valence-electron chi connectivity index (χ3n) is 12.4. The van der Waals surface area contributed by atoms with E-state index in [1.165, 1.54) is 0 Å². The number of methoxy groups -OCH3 is 2. The van der Waals surface area contributed by atoms with Crippen LogP contribution in [-0.4, -0.2) is 85.0 Å². The van der Waals surface area contributed by atoms with Gasteiger partial charge in [0.15, 0.2) is 0 Å². The number of hydrogen-bond donors (Lipinski definition) is 3. The summed E-state index contributed by atoms with van der Waals surface area (Å²) in [5.41, 5.74) is 5.54. The van der Waals surface area contributed by atoms with E-state index in [0.717, 1.165) is 38.8 Å². The van der Waals surface area contributed by atoms with Crippen LogP contribution in [0, 0.1) is 40.4 Å². The van der Waals surface area contributed by atoms with Crippen LogP contribution in [0.2, 0.25) is 0 Å². The van der Waals surface area contributed by atoms with Crippen LogP contribution in [0.5, 0.6) is 0 Å². The fourth-order valence-corrected chi connectivity index (χ4v) is 11.3. The molecule has 5 aliphatic carbocycles. The van der Waals surface area contributed by atoms with E-state index in [1.807, 2.05) is 19.2 Å². The summed E-state index contributed by atoms with van der Waals surface area (Å²) >= 11 is 0. The lowest BCUT2D eigenvalue weighted by molar-refractivity contribution is -0.275. The molecular weight excluding hydrogens is 484 g/mol. The molecule has 12 unspecified atom stereocenters. The van der Waals surface area contributed by atoms with Gasteiger partial charge in [0.05, 0.1) is 36.1 Å². The summed E-state index contributed by atoms with van der Waals surface area (Å²) in [4.78, 5) is 15.8. The minimum Gasteiger partial charge on any atom is -0.461 e. The van der Waals surface area contributed by atoms with E-state index in [9.17, 15) is 15.0 Å². The molecule has 38 heavy (non-hydrogen) atoms. The van der Waals surface area contributed by atoms with Gasteiger partial charge in [-0.25, -0.2) is 4.79 Å². The van der Waals surface area contributed by atoms with Gasteiger partial charge in [0.1, 0.15) is 0 Å². The van der Waals surface area contributed by atoms with Crippen molar-refractivity contribution < 1.29 is 29.2 Å². The Morgan fingerprint density at radius 3 is 2.68 bits per heavy atom. The first-order valence-electron chi connectivity index (χ1n) is 14.5. The molecule has 8 nitrogen and oxygen atoms in total. The van der Waals surface area contributed by atoms with E-state index in [0.29, 0.717) is 24.3 Å². The number of aliphatic hydroxyl groups excluding tert-OH is 1. The van der Waals surface area contributed by atoms with E-state index in [1.54, 1.807) is 19.2 Å². The Bertz CT molecular complexity index is 1130.